The summed E-state index contributed by atoms with van der Waals surface area (Å²) in [5.74, 6) is 2.18. The quantitative estimate of drug-likeness (QED) is 0.633. The van der Waals surface area contributed by atoms with Crippen molar-refractivity contribution in [3.05, 3.63) is 71.5 Å². The number of rotatable bonds is 7. The number of nitrogens with one attached hydrogen (secondary N) is 2. The lowest BCUT2D eigenvalue weighted by atomic mass is 10.2. The van der Waals surface area contributed by atoms with E-state index >= 15 is 0 Å². The van der Waals surface area contributed by atoms with Crippen molar-refractivity contribution in [2.45, 2.75) is 13.5 Å². The van der Waals surface area contributed by atoms with Crippen LogP contribution >= 0.6 is 11.6 Å². The van der Waals surface area contributed by atoms with Crippen molar-refractivity contribution in [3.8, 4) is 5.75 Å². The van der Waals surface area contributed by atoms with E-state index in [1.54, 1.807) is 0 Å². The van der Waals surface area contributed by atoms with E-state index in [4.69, 9.17) is 16.3 Å². The Hall–Kier alpha value is -2.79. The number of nitrogens with zero attached hydrogens (tertiary/aromatic N) is 2. The Morgan fingerprint density at radius 2 is 1.76 bits per heavy atom. The van der Waals surface area contributed by atoms with Gasteiger partial charge in [-0.2, -0.15) is 0 Å². The van der Waals surface area contributed by atoms with E-state index in [-0.39, 0.29) is 0 Å². The Labute approximate surface area is 152 Å². The van der Waals surface area contributed by atoms with Gasteiger partial charge in [-0.1, -0.05) is 41.9 Å². The number of ether oxygens (including phenoxy) is 1. The molecule has 128 valence electrons. The molecule has 0 saturated carbocycles. The van der Waals surface area contributed by atoms with Crippen LogP contribution in [-0.2, 0) is 6.54 Å². The van der Waals surface area contributed by atoms with Gasteiger partial charge in [0.15, 0.2) is 0 Å². The van der Waals surface area contributed by atoms with Gasteiger partial charge in [0.1, 0.15) is 23.7 Å². The summed E-state index contributed by atoms with van der Waals surface area (Å²) in [7, 11) is 0. The fourth-order valence-electron chi connectivity index (χ4n) is 2.34. The first-order valence-corrected chi connectivity index (χ1v) is 8.42. The van der Waals surface area contributed by atoms with Gasteiger partial charge in [-0.3, -0.25) is 0 Å². The molecule has 0 fully saturated rings. The monoisotopic (exact) mass is 354 g/mol. The predicted octanol–water partition coefficient (Wildman–Crippen LogP) is 4.88. The highest BCUT2D eigenvalue weighted by Crippen LogP contribution is 2.27. The van der Waals surface area contributed by atoms with Gasteiger partial charge in [-0.15, -0.1) is 0 Å². The topological polar surface area (TPSA) is 59.1 Å². The second-order valence-corrected chi connectivity index (χ2v) is 5.69. The molecule has 25 heavy (non-hydrogen) atoms. The molecule has 0 aliphatic heterocycles. The highest BCUT2D eigenvalue weighted by Gasteiger charge is 2.05. The minimum absolute atomic E-state index is 0.589. The Morgan fingerprint density at radius 1 is 1.00 bits per heavy atom. The average Bonchev–Trinajstić information content (AvgIpc) is 2.63. The molecule has 0 aliphatic carbocycles. The summed E-state index contributed by atoms with van der Waals surface area (Å²) in [6.07, 6.45) is 1.51. The van der Waals surface area contributed by atoms with Crippen LogP contribution in [0.15, 0.2) is 60.9 Å². The van der Waals surface area contributed by atoms with Crippen LogP contribution in [0.1, 0.15) is 12.5 Å². The Morgan fingerprint density at radius 3 is 2.60 bits per heavy atom. The molecule has 3 rings (SSSR count). The van der Waals surface area contributed by atoms with Crippen molar-refractivity contribution < 1.29 is 4.74 Å². The van der Waals surface area contributed by atoms with Gasteiger partial charge >= 0.3 is 0 Å². The van der Waals surface area contributed by atoms with Gasteiger partial charge in [-0.05, 0) is 30.7 Å². The number of aromatic nitrogens is 2. The zero-order chi connectivity index (χ0) is 17.5. The van der Waals surface area contributed by atoms with Crippen LogP contribution in [0, 0.1) is 0 Å². The van der Waals surface area contributed by atoms with Crippen molar-refractivity contribution in [2.75, 3.05) is 17.2 Å². The van der Waals surface area contributed by atoms with Crippen LogP contribution in [-0.4, -0.2) is 16.6 Å². The van der Waals surface area contributed by atoms with E-state index in [1.165, 1.54) is 6.33 Å². The van der Waals surface area contributed by atoms with E-state index < -0.39 is 0 Å². The maximum absolute atomic E-state index is 6.18. The second-order valence-electron chi connectivity index (χ2n) is 5.29. The van der Waals surface area contributed by atoms with Crippen molar-refractivity contribution >= 4 is 28.9 Å². The average molecular weight is 355 g/mol. The van der Waals surface area contributed by atoms with E-state index in [0.29, 0.717) is 24.8 Å². The van der Waals surface area contributed by atoms with Crippen LogP contribution in [0.25, 0.3) is 0 Å². The van der Waals surface area contributed by atoms with Gasteiger partial charge < -0.3 is 15.4 Å². The first-order valence-electron chi connectivity index (χ1n) is 8.04. The summed E-state index contributed by atoms with van der Waals surface area (Å²) in [5.41, 5.74) is 1.87. The molecule has 2 aromatic carbocycles. The molecule has 5 nitrogen and oxygen atoms in total. The van der Waals surface area contributed by atoms with Crippen LogP contribution in [0.3, 0.4) is 0 Å². The standard InChI is InChI=1S/C19H19ClN4O/c1-2-25-17-10-6-5-9-16(17)24-19-11-18(22-13-23-19)21-12-14-7-3-4-8-15(14)20/h3-11,13H,2,12H2,1H3,(H2,21,22,23,24). The smallest absolute Gasteiger partial charge is 0.142 e. The molecule has 0 saturated heterocycles. The Bertz CT molecular complexity index is 841. The fraction of sp³-hybridized carbons (Fsp3) is 0.158. The number of anilines is 3. The summed E-state index contributed by atoms with van der Waals surface area (Å²) < 4.78 is 5.62. The predicted molar refractivity (Wildman–Crippen MR) is 102 cm³/mol. The molecular weight excluding hydrogens is 336 g/mol. The SMILES string of the molecule is CCOc1ccccc1Nc1cc(NCc2ccccc2Cl)ncn1. The Balaban J connectivity index is 1.71. The van der Waals surface area contributed by atoms with Gasteiger partial charge in [0.2, 0.25) is 0 Å². The second kappa shape index (κ2) is 8.35. The van der Waals surface area contributed by atoms with E-state index in [1.807, 2.05) is 61.5 Å². The highest BCUT2D eigenvalue weighted by molar-refractivity contribution is 6.31. The van der Waals surface area contributed by atoms with Crippen molar-refractivity contribution in [2.24, 2.45) is 0 Å². The first-order chi connectivity index (χ1) is 12.3. The summed E-state index contributed by atoms with van der Waals surface area (Å²) in [6, 6.07) is 17.3. The number of hydrogen-bond donors (Lipinski definition) is 2. The lowest BCUT2D eigenvalue weighted by Crippen LogP contribution is -2.04. The number of hydrogen-bond acceptors (Lipinski definition) is 5. The number of halogens is 1. The molecule has 1 heterocycles. The van der Waals surface area contributed by atoms with Crippen molar-refractivity contribution in [3.63, 3.8) is 0 Å². The normalized spacial score (nSPS) is 10.3. The fourth-order valence-corrected chi connectivity index (χ4v) is 2.54. The third kappa shape index (κ3) is 4.61. The summed E-state index contributed by atoms with van der Waals surface area (Å²) in [6.45, 7) is 3.15. The number of benzene rings is 2. The molecule has 1 aromatic heterocycles. The molecule has 3 aromatic rings. The maximum atomic E-state index is 6.18. The van der Waals surface area contributed by atoms with Crippen molar-refractivity contribution in [1.29, 1.82) is 0 Å². The largest absolute Gasteiger partial charge is 0.492 e. The van der Waals surface area contributed by atoms with E-state index in [9.17, 15) is 0 Å². The molecule has 0 radical (unpaired) electrons. The number of para-hydroxylation sites is 2. The Kier molecular flexibility index (Phi) is 5.69. The molecule has 0 bridgehead atoms. The molecule has 0 aliphatic rings. The lowest BCUT2D eigenvalue weighted by Gasteiger charge is -2.12. The summed E-state index contributed by atoms with van der Waals surface area (Å²) >= 11 is 6.18. The van der Waals surface area contributed by atoms with E-state index in [2.05, 4.69) is 20.6 Å². The summed E-state index contributed by atoms with van der Waals surface area (Å²) in [5, 5.41) is 7.26. The van der Waals surface area contributed by atoms with Gasteiger partial charge in [0.25, 0.3) is 0 Å². The van der Waals surface area contributed by atoms with Crippen LogP contribution in [0.5, 0.6) is 5.75 Å². The van der Waals surface area contributed by atoms with Gasteiger partial charge in [0, 0.05) is 17.6 Å². The molecule has 2 N–H and O–H groups in total. The molecule has 6 heteroatoms. The molecule has 0 spiro atoms. The molecule has 0 unspecified atom stereocenters. The first kappa shape index (κ1) is 17.0. The molecular formula is C19H19ClN4O. The maximum Gasteiger partial charge on any atom is 0.142 e. The zero-order valence-electron chi connectivity index (χ0n) is 13.9. The van der Waals surface area contributed by atoms with Crippen LogP contribution in [0.4, 0.5) is 17.3 Å². The third-order valence-electron chi connectivity index (χ3n) is 3.53. The van der Waals surface area contributed by atoms with Crippen LogP contribution < -0.4 is 15.4 Å². The minimum atomic E-state index is 0.589. The molecule has 0 atom stereocenters. The highest BCUT2D eigenvalue weighted by atomic mass is 35.5. The third-order valence-corrected chi connectivity index (χ3v) is 3.90. The molecule has 0 amide bonds. The van der Waals surface area contributed by atoms with Gasteiger partial charge in [-0.25, -0.2) is 9.97 Å². The zero-order valence-corrected chi connectivity index (χ0v) is 14.6. The van der Waals surface area contributed by atoms with E-state index in [0.717, 1.165) is 22.0 Å². The van der Waals surface area contributed by atoms with Crippen molar-refractivity contribution in [1.82, 2.24) is 9.97 Å². The summed E-state index contributed by atoms with van der Waals surface area (Å²) in [4.78, 5) is 8.51. The van der Waals surface area contributed by atoms with Gasteiger partial charge in [0.05, 0.1) is 12.3 Å². The van der Waals surface area contributed by atoms with Crippen LogP contribution in [0.2, 0.25) is 5.02 Å². The lowest BCUT2D eigenvalue weighted by molar-refractivity contribution is 0.342. The minimum Gasteiger partial charge on any atom is -0.492 e.